The van der Waals surface area contributed by atoms with Crippen LogP contribution < -0.4 is 0 Å². The molecule has 0 fully saturated rings. The fourth-order valence-corrected chi connectivity index (χ4v) is 1.41. The summed E-state index contributed by atoms with van der Waals surface area (Å²) in [5.74, 6) is 0. The van der Waals surface area contributed by atoms with Gasteiger partial charge in [-0.25, -0.2) is 0 Å². The molecule has 0 aliphatic rings. The lowest BCUT2D eigenvalue weighted by Gasteiger charge is -2.06. The first-order chi connectivity index (χ1) is 6.69. The largest absolute Gasteiger partial charge is 0.392 e. The van der Waals surface area contributed by atoms with E-state index in [0.717, 1.165) is 12.0 Å². The number of hydrogen-bond acceptors (Lipinski definition) is 1. The summed E-state index contributed by atoms with van der Waals surface area (Å²) >= 11 is 0. The minimum absolute atomic E-state index is 0.157. The second-order valence-electron chi connectivity index (χ2n) is 3.60. The van der Waals surface area contributed by atoms with E-state index in [1.165, 1.54) is 16.7 Å². The molecule has 0 aromatic heterocycles. The van der Waals surface area contributed by atoms with Crippen LogP contribution in [-0.4, -0.2) is 11.7 Å². The van der Waals surface area contributed by atoms with Gasteiger partial charge in [0, 0.05) is 0 Å². The highest BCUT2D eigenvalue weighted by molar-refractivity contribution is 5.58. The molecule has 0 atom stereocenters. The molecule has 14 heavy (non-hydrogen) atoms. The molecule has 1 nitrogen and oxygen atoms in total. The molecule has 0 aliphatic heterocycles. The van der Waals surface area contributed by atoms with Crippen molar-refractivity contribution in [2.75, 3.05) is 6.61 Å². The van der Waals surface area contributed by atoms with Crippen molar-refractivity contribution in [1.29, 1.82) is 0 Å². The first kappa shape index (κ1) is 11.0. The molecule has 0 bridgehead atoms. The monoisotopic (exact) mass is 190 g/mol. The van der Waals surface area contributed by atoms with Crippen LogP contribution >= 0.6 is 0 Å². The molecule has 0 unspecified atom stereocenters. The Hall–Kier alpha value is -1.08. The van der Waals surface area contributed by atoms with Crippen LogP contribution in [0.25, 0.3) is 6.08 Å². The van der Waals surface area contributed by atoms with Crippen LogP contribution in [0.2, 0.25) is 0 Å². The lowest BCUT2D eigenvalue weighted by Crippen LogP contribution is -1.91. The van der Waals surface area contributed by atoms with Crippen molar-refractivity contribution in [3.63, 3.8) is 0 Å². The maximum absolute atomic E-state index is 9.08. The minimum Gasteiger partial charge on any atom is -0.392 e. The highest BCUT2D eigenvalue weighted by Gasteiger charge is 1.99. The van der Waals surface area contributed by atoms with Crippen LogP contribution in [0.3, 0.4) is 0 Å². The van der Waals surface area contributed by atoms with Crippen molar-refractivity contribution in [2.24, 2.45) is 0 Å². The van der Waals surface area contributed by atoms with Gasteiger partial charge in [-0.1, -0.05) is 31.2 Å². The SMILES string of the molecule is CCC(=Cc1cccc(C)c1C)CO. The normalized spacial score (nSPS) is 11.9. The van der Waals surface area contributed by atoms with E-state index in [2.05, 4.69) is 45.0 Å². The van der Waals surface area contributed by atoms with Gasteiger partial charge in [0.05, 0.1) is 6.61 Å². The topological polar surface area (TPSA) is 20.2 Å². The molecule has 1 aromatic carbocycles. The van der Waals surface area contributed by atoms with Gasteiger partial charge < -0.3 is 5.11 Å². The van der Waals surface area contributed by atoms with Gasteiger partial charge in [0.25, 0.3) is 0 Å². The van der Waals surface area contributed by atoms with Gasteiger partial charge in [-0.05, 0) is 42.5 Å². The summed E-state index contributed by atoms with van der Waals surface area (Å²) in [6.07, 6.45) is 2.99. The summed E-state index contributed by atoms with van der Waals surface area (Å²) in [5, 5.41) is 9.08. The summed E-state index contributed by atoms with van der Waals surface area (Å²) in [7, 11) is 0. The van der Waals surface area contributed by atoms with Crippen molar-refractivity contribution in [2.45, 2.75) is 27.2 Å². The fourth-order valence-electron chi connectivity index (χ4n) is 1.41. The molecule has 0 aliphatic carbocycles. The van der Waals surface area contributed by atoms with E-state index in [-0.39, 0.29) is 6.61 Å². The summed E-state index contributed by atoms with van der Waals surface area (Å²) in [6.45, 7) is 6.44. The Morgan fingerprint density at radius 1 is 1.36 bits per heavy atom. The number of benzene rings is 1. The van der Waals surface area contributed by atoms with Crippen LogP contribution in [0.4, 0.5) is 0 Å². The average Bonchev–Trinajstić information content (AvgIpc) is 2.20. The Labute approximate surface area is 86.1 Å². The van der Waals surface area contributed by atoms with Crippen molar-refractivity contribution < 1.29 is 5.11 Å². The fraction of sp³-hybridized carbons (Fsp3) is 0.385. The van der Waals surface area contributed by atoms with Crippen LogP contribution in [-0.2, 0) is 0 Å². The van der Waals surface area contributed by atoms with Gasteiger partial charge >= 0.3 is 0 Å². The zero-order valence-electron chi connectivity index (χ0n) is 9.17. The molecular weight excluding hydrogens is 172 g/mol. The minimum atomic E-state index is 0.157. The molecule has 0 saturated carbocycles. The second kappa shape index (κ2) is 4.97. The highest BCUT2D eigenvalue weighted by Crippen LogP contribution is 2.16. The van der Waals surface area contributed by atoms with Crippen molar-refractivity contribution in [3.05, 3.63) is 40.5 Å². The van der Waals surface area contributed by atoms with Crippen LogP contribution in [0.1, 0.15) is 30.0 Å². The van der Waals surface area contributed by atoms with Gasteiger partial charge in [0.1, 0.15) is 0 Å². The maximum Gasteiger partial charge on any atom is 0.0644 e. The second-order valence-corrected chi connectivity index (χ2v) is 3.60. The third-order valence-electron chi connectivity index (χ3n) is 2.66. The molecule has 0 heterocycles. The van der Waals surface area contributed by atoms with E-state index >= 15 is 0 Å². The predicted molar refractivity (Wildman–Crippen MR) is 61.3 cm³/mol. The van der Waals surface area contributed by atoms with Crippen molar-refractivity contribution >= 4 is 6.08 Å². The summed E-state index contributed by atoms with van der Waals surface area (Å²) < 4.78 is 0. The third kappa shape index (κ3) is 2.46. The Morgan fingerprint density at radius 2 is 2.07 bits per heavy atom. The molecule has 0 spiro atoms. The Morgan fingerprint density at radius 3 is 2.64 bits per heavy atom. The van der Waals surface area contributed by atoms with E-state index < -0.39 is 0 Å². The summed E-state index contributed by atoms with van der Waals surface area (Å²) in [4.78, 5) is 0. The predicted octanol–water partition coefficient (Wildman–Crippen LogP) is 3.09. The molecule has 1 N–H and O–H groups in total. The van der Waals surface area contributed by atoms with Crippen LogP contribution in [0, 0.1) is 13.8 Å². The molecule has 1 rings (SSSR count). The number of aliphatic hydroxyl groups excluding tert-OH is 1. The molecule has 76 valence electrons. The number of rotatable bonds is 3. The standard InChI is InChI=1S/C13H18O/c1-4-12(9-14)8-13-7-5-6-10(2)11(13)3/h5-8,14H,4,9H2,1-3H3. The van der Waals surface area contributed by atoms with E-state index in [1.807, 2.05) is 0 Å². The van der Waals surface area contributed by atoms with Crippen LogP contribution in [0.15, 0.2) is 23.8 Å². The Kier molecular flexibility index (Phi) is 3.90. The average molecular weight is 190 g/mol. The van der Waals surface area contributed by atoms with Gasteiger partial charge in [0.15, 0.2) is 0 Å². The van der Waals surface area contributed by atoms with Gasteiger partial charge in [0.2, 0.25) is 0 Å². The Balaban J connectivity index is 3.07. The molecule has 1 aromatic rings. The smallest absolute Gasteiger partial charge is 0.0644 e. The lowest BCUT2D eigenvalue weighted by atomic mass is 10.0. The first-order valence-electron chi connectivity index (χ1n) is 5.05. The zero-order chi connectivity index (χ0) is 10.6. The molecular formula is C13H18O. The number of aliphatic hydroxyl groups is 1. The quantitative estimate of drug-likeness (QED) is 0.776. The van der Waals surface area contributed by atoms with Crippen LogP contribution in [0.5, 0.6) is 0 Å². The Bertz CT molecular complexity index is 331. The molecule has 0 radical (unpaired) electrons. The zero-order valence-corrected chi connectivity index (χ0v) is 9.17. The van der Waals surface area contributed by atoms with Gasteiger partial charge in [-0.2, -0.15) is 0 Å². The molecule has 0 amide bonds. The molecule has 1 heteroatoms. The molecule has 0 saturated heterocycles. The number of aryl methyl sites for hydroxylation is 1. The number of hydrogen-bond donors (Lipinski definition) is 1. The maximum atomic E-state index is 9.08. The summed E-state index contributed by atoms with van der Waals surface area (Å²) in [5.41, 5.74) is 4.90. The van der Waals surface area contributed by atoms with Gasteiger partial charge in [-0.3, -0.25) is 0 Å². The first-order valence-corrected chi connectivity index (χ1v) is 5.05. The summed E-state index contributed by atoms with van der Waals surface area (Å²) in [6, 6.07) is 6.25. The third-order valence-corrected chi connectivity index (χ3v) is 2.66. The highest BCUT2D eigenvalue weighted by atomic mass is 16.3. The van der Waals surface area contributed by atoms with E-state index in [4.69, 9.17) is 5.11 Å². The van der Waals surface area contributed by atoms with Gasteiger partial charge in [-0.15, -0.1) is 0 Å². The van der Waals surface area contributed by atoms with Crippen molar-refractivity contribution in [1.82, 2.24) is 0 Å². The lowest BCUT2D eigenvalue weighted by molar-refractivity contribution is 0.329. The van der Waals surface area contributed by atoms with Crippen molar-refractivity contribution in [3.8, 4) is 0 Å². The van der Waals surface area contributed by atoms with E-state index in [1.54, 1.807) is 0 Å². The van der Waals surface area contributed by atoms with E-state index in [0.29, 0.717) is 0 Å². The van der Waals surface area contributed by atoms with E-state index in [9.17, 15) is 0 Å².